The molecule has 0 aliphatic rings. The normalized spacial score (nSPS) is 10.8. The van der Waals surface area contributed by atoms with E-state index in [1.54, 1.807) is 6.07 Å². The predicted molar refractivity (Wildman–Crippen MR) is 117 cm³/mol. The number of hydrogen-bond acceptors (Lipinski definition) is 5. The number of aryl methyl sites for hydroxylation is 2. The van der Waals surface area contributed by atoms with Crippen LogP contribution in [0.4, 0.5) is 5.69 Å². The molecule has 29 heavy (non-hydrogen) atoms. The highest BCUT2D eigenvalue weighted by atomic mass is 35.5. The van der Waals surface area contributed by atoms with Crippen molar-refractivity contribution in [3.8, 4) is 5.75 Å². The Labute approximate surface area is 179 Å². The van der Waals surface area contributed by atoms with E-state index in [4.69, 9.17) is 16.3 Å². The molecule has 0 spiro atoms. The highest BCUT2D eigenvalue weighted by Crippen LogP contribution is 2.26. The van der Waals surface area contributed by atoms with E-state index in [0.717, 1.165) is 17.7 Å². The van der Waals surface area contributed by atoms with E-state index in [-0.39, 0.29) is 18.3 Å². The number of nitrogens with one attached hydrogen (secondary N) is 1. The van der Waals surface area contributed by atoms with E-state index in [0.29, 0.717) is 21.8 Å². The molecule has 0 saturated carbocycles. The van der Waals surface area contributed by atoms with Crippen molar-refractivity contribution >= 4 is 35.0 Å². The summed E-state index contributed by atoms with van der Waals surface area (Å²) < 4.78 is 7.59. The summed E-state index contributed by atoms with van der Waals surface area (Å²) in [6.07, 6.45) is 0.971. The summed E-state index contributed by atoms with van der Waals surface area (Å²) in [6, 6.07) is 13.5. The second-order valence-corrected chi connectivity index (χ2v) is 7.92. The number of aromatic nitrogens is 3. The Morgan fingerprint density at radius 3 is 2.69 bits per heavy atom. The van der Waals surface area contributed by atoms with Gasteiger partial charge in [0.2, 0.25) is 5.91 Å². The van der Waals surface area contributed by atoms with E-state index in [2.05, 4.69) is 22.4 Å². The fraction of sp³-hybridized carbons (Fsp3) is 0.286. The molecule has 0 unspecified atom stereocenters. The number of carbonyl (C=O) groups excluding carboxylic acids is 1. The molecule has 0 aliphatic carbocycles. The number of benzene rings is 2. The molecule has 0 fully saturated rings. The summed E-state index contributed by atoms with van der Waals surface area (Å²) in [6.45, 7) is 4.31. The lowest BCUT2D eigenvalue weighted by molar-refractivity contribution is -0.113. The number of carbonyl (C=O) groups is 1. The maximum Gasteiger partial charge on any atom is 0.234 e. The number of amides is 1. The third-order valence-electron chi connectivity index (χ3n) is 4.35. The van der Waals surface area contributed by atoms with Gasteiger partial charge in [0, 0.05) is 12.7 Å². The van der Waals surface area contributed by atoms with Crippen LogP contribution in [0.1, 0.15) is 23.9 Å². The first-order valence-corrected chi connectivity index (χ1v) is 10.6. The fourth-order valence-electron chi connectivity index (χ4n) is 2.61. The summed E-state index contributed by atoms with van der Waals surface area (Å²) in [5, 5.41) is 12.4. The number of thioether (sulfide) groups is 1. The van der Waals surface area contributed by atoms with E-state index in [1.807, 2.05) is 54.9 Å². The number of halogens is 1. The van der Waals surface area contributed by atoms with Gasteiger partial charge in [-0.2, -0.15) is 0 Å². The van der Waals surface area contributed by atoms with Gasteiger partial charge in [0.1, 0.15) is 12.4 Å². The number of anilines is 1. The van der Waals surface area contributed by atoms with Gasteiger partial charge in [0.25, 0.3) is 0 Å². The molecular formula is C21H23ClN4O2S. The molecule has 152 valence electrons. The van der Waals surface area contributed by atoms with E-state index in [1.165, 1.54) is 17.3 Å². The lowest BCUT2D eigenvalue weighted by atomic mass is 10.1. The zero-order valence-electron chi connectivity index (χ0n) is 16.6. The zero-order chi connectivity index (χ0) is 20.8. The number of nitrogens with zero attached hydrogens (tertiary/aromatic N) is 3. The molecule has 6 nitrogen and oxygen atoms in total. The smallest absolute Gasteiger partial charge is 0.234 e. The first-order chi connectivity index (χ1) is 14.0. The molecule has 0 radical (unpaired) electrons. The van der Waals surface area contributed by atoms with Crippen LogP contribution in [-0.2, 0) is 24.9 Å². The highest BCUT2D eigenvalue weighted by Gasteiger charge is 2.13. The number of hydrogen-bond donors (Lipinski definition) is 1. The monoisotopic (exact) mass is 430 g/mol. The Balaban J connectivity index is 1.53. The van der Waals surface area contributed by atoms with Crippen molar-refractivity contribution in [2.75, 3.05) is 11.1 Å². The molecule has 3 aromatic rings. The van der Waals surface area contributed by atoms with Crippen molar-refractivity contribution in [2.45, 2.75) is 32.0 Å². The van der Waals surface area contributed by atoms with Crippen LogP contribution in [-0.4, -0.2) is 26.4 Å². The van der Waals surface area contributed by atoms with Crippen molar-refractivity contribution < 1.29 is 9.53 Å². The van der Waals surface area contributed by atoms with Gasteiger partial charge < -0.3 is 14.6 Å². The third-order valence-corrected chi connectivity index (χ3v) is 5.68. The molecule has 3 rings (SSSR count). The van der Waals surface area contributed by atoms with Crippen LogP contribution < -0.4 is 10.1 Å². The Morgan fingerprint density at radius 1 is 1.21 bits per heavy atom. The average Bonchev–Trinajstić information content (AvgIpc) is 3.07. The van der Waals surface area contributed by atoms with E-state index >= 15 is 0 Å². The van der Waals surface area contributed by atoms with Crippen molar-refractivity contribution in [2.24, 2.45) is 7.05 Å². The van der Waals surface area contributed by atoms with Crippen molar-refractivity contribution in [1.82, 2.24) is 14.8 Å². The lowest BCUT2D eigenvalue weighted by Gasteiger charge is -2.09. The quantitative estimate of drug-likeness (QED) is 0.527. The topological polar surface area (TPSA) is 69.0 Å². The first-order valence-electron chi connectivity index (χ1n) is 9.25. The summed E-state index contributed by atoms with van der Waals surface area (Å²) in [4.78, 5) is 12.2. The van der Waals surface area contributed by atoms with Gasteiger partial charge in [-0.25, -0.2) is 0 Å². The highest BCUT2D eigenvalue weighted by molar-refractivity contribution is 7.99. The second kappa shape index (κ2) is 9.80. The summed E-state index contributed by atoms with van der Waals surface area (Å²) >= 11 is 7.48. The molecule has 1 heterocycles. The minimum atomic E-state index is -0.0911. The minimum Gasteiger partial charge on any atom is -0.484 e. The molecule has 1 N–H and O–H groups in total. The van der Waals surface area contributed by atoms with Gasteiger partial charge in [0.05, 0.1) is 10.8 Å². The standard InChI is InChI=1S/C21H23ClN4O2S/c1-4-15-6-8-16(9-7-15)23-20(27)13-29-21-25-24-19(26(21)3)12-28-18-11-14(2)5-10-17(18)22/h5-11H,4,12-13H2,1-3H3,(H,23,27). The minimum absolute atomic E-state index is 0.0911. The van der Waals surface area contributed by atoms with Crippen LogP contribution in [0.3, 0.4) is 0 Å². The Kier molecular flexibility index (Phi) is 7.17. The Hall–Kier alpha value is -2.51. The molecule has 1 amide bonds. The predicted octanol–water partition coefficient (Wildman–Crippen LogP) is 4.65. The maximum atomic E-state index is 12.2. The molecule has 0 saturated heterocycles. The molecule has 0 aliphatic heterocycles. The van der Waals surface area contributed by atoms with Crippen LogP contribution in [0.2, 0.25) is 5.02 Å². The molecule has 0 bridgehead atoms. The van der Waals surface area contributed by atoms with Crippen LogP contribution >= 0.6 is 23.4 Å². The Morgan fingerprint density at radius 2 is 1.97 bits per heavy atom. The SMILES string of the molecule is CCc1ccc(NC(=O)CSc2nnc(COc3cc(C)ccc3Cl)n2C)cc1. The second-order valence-electron chi connectivity index (χ2n) is 6.57. The summed E-state index contributed by atoms with van der Waals surface area (Å²) in [5.41, 5.74) is 3.09. The van der Waals surface area contributed by atoms with Crippen LogP contribution in [0.25, 0.3) is 0 Å². The summed E-state index contributed by atoms with van der Waals surface area (Å²) in [5.74, 6) is 1.41. The lowest BCUT2D eigenvalue weighted by Crippen LogP contribution is -2.14. The molecule has 2 aromatic carbocycles. The zero-order valence-corrected chi connectivity index (χ0v) is 18.2. The van der Waals surface area contributed by atoms with Gasteiger partial charge >= 0.3 is 0 Å². The van der Waals surface area contributed by atoms with Crippen molar-refractivity contribution in [3.05, 3.63) is 64.4 Å². The largest absolute Gasteiger partial charge is 0.484 e. The fourth-order valence-corrected chi connectivity index (χ4v) is 3.51. The number of rotatable bonds is 8. The van der Waals surface area contributed by atoms with Gasteiger partial charge in [-0.05, 0) is 48.7 Å². The van der Waals surface area contributed by atoms with Gasteiger partial charge in [-0.3, -0.25) is 4.79 Å². The Bertz CT molecular complexity index is 989. The maximum absolute atomic E-state index is 12.2. The first kappa shape index (κ1) is 21.2. The molecule has 1 aromatic heterocycles. The molecule has 0 atom stereocenters. The van der Waals surface area contributed by atoms with E-state index in [9.17, 15) is 4.79 Å². The van der Waals surface area contributed by atoms with Crippen LogP contribution in [0.15, 0.2) is 47.6 Å². The van der Waals surface area contributed by atoms with Crippen LogP contribution in [0, 0.1) is 6.92 Å². The average molecular weight is 431 g/mol. The molecule has 8 heteroatoms. The molecular weight excluding hydrogens is 408 g/mol. The van der Waals surface area contributed by atoms with Gasteiger partial charge in [-0.1, -0.05) is 48.5 Å². The third kappa shape index (κ3) is 5.74. The van der Waals surface area contributed by atoms with Crippen molar-refractivity contribution in [3.63, 3.8) is 0 Å². The van der Waals surface area contributed by atoms with Gasteiger partial charge in [-0.15, -0.1) is 10.2 Å². The van der Waals surface area contributed by atoms with Gasteiger partial charge in [0.15, 0.2) is 11.0 Å². The van der Waals surface area contributed by atoms with Crippen molar-refractivity contribution in [1.29, 1.82) is 0 Å². The number of ether oxygens (including phenoxy) is 1. The van der Waals surface area contributed by atoms with Crippen LogP contribution in [0.5, 0.6) is 5.75 Å². The summed E-state index contributed by atoms with van der Waals surface area (Å²) in [7, 11) is 1.85. The van der Waals surface area contributed by atoms with E-state index < -0.39 is 0 Å².